The van der Waals surface area contributed by atoms with Gasteiger partial charge in [-0.15, -0.1) is 5.10 Å². The predicted octanol–water partition coefficient (Wildman–Crippen LogP) is 4.29. The molecule has 3 aromatic heterocycles. The highest BCUT2D eigenvalue weighted by Crippen LogP contribution is 2.30. The number of aryl methyl sites for hydroxylation is 1. The Labute approximate surface area is 179 Å². The van der Waals surface area contributed by atoms with Crippen LogP contribution in [0.4, 0.5) is 0 Å². The fourth-order valence-electron chi connectivity index (χ4n) is 3.95. The molecule has 7 heteroatoms. The highest BCUT2D eigenvalue weighted by Gasteiger charge is 2.19. The van der Waals surface area contributed by atoms with Crippen LogP contribution in [0.5, 0.6) is 11.5 Å². The Morgan fingerprint density at radius 1 is 0.839 bits per heavy atom. The van der Waals surface area contributed by atoms with Crippen LogP contribution >= 0.6 is 0 Å². The van der Waals surface area contributed by atoms with Gasteiger partial charge in [0.25, 0.3) is 0 Å². The minimum absolute atomic E-state index is 0.643. The Bertz CT molecular complexity index is 1380. The maximum Gasteiger partial charge on any atom is 0.168 e. The molecule has 0 aliphatic heterocycles. The van der Waals surface area contributed by atoms with Crippen molar-refractivity contribution in [2.75, 3.05) is 14.2 Å². The normalized spacial score (nSPS) is 11.4. The van der Waals surface area contributed by atoms with Gasteiger partial charge in [-0.3, -0.25) is 4.57 Å². The maximum atomic E-state index is 5.30. The van der Waals surface area contributed by atoms with Gasteiger partial charge in [0.15, 0.2) is 17.1 Å². The van der Waals surface area contributed by atoms with Crippen LogP contribution in [0.1, 0.15) is 22.6 Å². The molecule has 0 bridgehead atoms. The third-order valence-electron chi connectivity index (χ3n) is 5.73. The number of aromatic nitrogens is 5. The summed E-state index contributed by atoms with van der Waals surface area (Å²) in [5.74, 6) is 2.42. The van der Waals surface area contributed by atoms with Crippen LogP contribution in [0.3, 0.4) is 0 Å². The summed E-state index contributed by atoms with van der Waals surface area (Å²) in [5.41, 5.74) is 6.13. The predicted molar refractivity (Wildman–Crippen MR) is 119 cm³/mol. The summed E-state index contributed by atoms with van der Waals surface area (Å²) in [5, 5.41) is 5.68. The number of fused-ring (bicyclic) bond motifs is 3. The first-order valence-electron chi connectivity index (χ1n) is 10.1. The molecule has 0 unspecified atom stereocenters. The number of nitrogens with zero attached hydrogens (tertiary/aromatic N) is 5. The van der Waals surface area contributed by atoms with E-state index in [1.165, 1.54) is 0 Å². The van der Waals surface area contributed by atoms with Crippen LogP contribution in [0.2, 0.25) is 0 Å². The number of methoxy groups -OCH3 is 2. The van der Waals surface area contributed by atoms with Crippen LogP contribution in [-0.4, -0.2) is 38.4 Å². The zero-order chi connectivity index (χ0) is 21.5. The molecule has 0 spiro atoms. The van der Waals surface area contributed by atoms with Gasteiger partial charge in [0.05, 0.1) is 19.6 Å². The first-order chi connectivity index (χ1) is 15.1. The first-order valence-corrected chi connectivity index (χ1v) is 10.1. The second kappa shape index (κ2) is 7.43. The summed E-state index contributed by atoms with van der Waals surface area (Å²) in [6, 6.07) is 16.0. The summed E-state index contributed by atoms with van der Waals surface area (Å²) >= 11 is 0. The Morgan fingerprint density at radius 2 is 1.48 bits per heavy atom. The zero-order valence-corrected chi connectivity index (χ0v) is 18.0. The van der Waals surface area contributed by atoms with E-state index in [2.05, 4.69) is 23.5 Å². The van der Waals surface area contributed by atoms with Crippen LogP contribution in [0.25, 0.3) is 22.4 Å². The minimum Gasteiger partial charge on any atom is -0.497 e. The molecule has 2 aromatic carbocycles. The molecule has 0 saturated carbocycles. The average Bonchev–Trinajstić information content (AvgIpc) is 3.32. The molecule has 5 rings (SSSR count). The van der Waals surface area contributed by atoms with Crippen molar-refractivity contribution in [2.45, 2.75) is 20.3 Å². The highest BCUT2D eigenvalue weighted by molar-refractivity contribution is 5.95. The molecule has 0 N–H and O–H groups in total. The van der Waals surface area contributed by atoms with Gasteiger partial charge in [0.2, 0.25) is 0 Å². The van der Waals surface area contributed by atoms with E-state index >= 15 is 0 Å². The van der Waals surface area contributed by atoms with Gasteiger partial charge < -0.3 is 9.47 Å². The molecular weight excluding hydrogens is 390 g/mol. The van der Waals surface area contributed by atoms with Crippen LogP contribution in [-0.2, 0) is 6.42 Å². The number of hydrogen-bond donors (Lipinski definition) is 0. The van der Waals surface area contributed by atoms with Crippen molar-refractivity contribution < 1.29 is 9.47 Å². The Kier molecular flexibility index (Phi) is 4.58. The van der Waals surface area contributed by atoms with Crippen molar-refractivity contribution >= 4 is 16.7 Å². The molecule has 7 nitrogen and oxygen atoms in total. The molecule has 5 aromatic rings. The van der Waals surface area contributed by atoms with E-state index in [1.807, 2.05) is 48.5 Å². The van der Waals surface area contributed by atoms with E-state index in [0.717, 1.165) is 56.5 Å². The van der Waals surface area contributed by atoms with Gasteiger partial charge in [-0.25, -0.2) is 14.5 Å². The molecule has 0 saturated heterocycles. The summed E-state index contributed by atoms with van der Waals surface area (Å²) in [7, 11) is 3.34. The minimum atomic E-state index is 0.643. The number of hydrogen-bond acceptors (Lipinski definition) is 5. The quantitative estimate of drug-likeness (QED) is 0.430. The van der Waals surface area contributed by atoms with Crippen molar-refractivity contribution in [3.63, 3.8) is 0 Å². The lowest BCUT2D eigenvalue weighted by Crippen LogP contribution is -1.99. The molecular formula is C24H23N5O2. The Morgan fingerprint density at radius 3 is 2.13 bits per heavy atom. The second-order valence-corrected chi connectivity index (χ2v) is 7.51. The molecule has 0 fully saturated rings. The average molecular weight is 413 g/mol. The molecule has 0 atom stereocenters. The molecule has 3 heterocycles. The van der Waals surface area contributed by atoms with E-state index in [9.17, 15) is 0 Å². The van der Waals surface area contributed by atoms with Gasteiger partial charge in [0, 0.05) is 17.8 Å². The largest absolute Gasteiger partial charge is 0.497 e. The van der Waals surface area contributed by atoms with Crippen molar-refractivity contribution in [3.05, 3.63) is 77.5 Å². The highest BCUT2D eigenvalue weighted by atomic mass is 16.5. The van der Waals surface area contributed by atoms with Gasteiger partial charge in [-0.2, -0.15) is 0 Å². The van der Waals surface area contributed by atoms with Gasteiger partial charge in [-0.05, 0) is 61.4 Å². The molecule has 0 amide bonds. The maximum absolute atomic E-state index is 5.30. The van der Waals surface area contributed by atoms with Crippen LogP contribution in [0.15, 0.2) is 54.9 Å². The number of benzene rings is 2. The lowest BCUT2D eigenvalue weighted by molar-refractivity contribution is 0.414. The van der Waals surface area contributed by atoms with Crippen molar-refractivity contribution in [2.24, 2.45) is 0 Å². The molecule has 156 valence electrons. The zero-order valence-electron chi connectivity index (χ0n) is 18.0. The van der Waals surface area contributed by atoms with Crippen molar-refractivity contribution in [3.8, 4) is 17.2 Å². The monoisotopic (exact) mass is 413 g/mol. The Hall–Kier alpha value is -3.87. The molecule has 0 radical (unpaired) electrons. The van der Waals surface area contributed by atoms with E-state index in [0.29, 0.717) is 6.42 Å². The summed E-state index contributed by atoms with van der Waals surface area (Å²) in [4.78, 5) is 9.59. The lowest BCUT2D eigenvalue weighted by Gasteiger charge is -2.08. The third-order valence-corrected chi connectivity index (χ3v) is 5.73. The molecule has 31 heavy (non-hydrogen) atoms. The van der Waals surface area contributed by atoms with E-state index < -0.39 is 0 Å². The van der Waals surface area contributed by atoms with E-state index in [-0.39, 0.29) is 0 Å². The standard InChI is InChI=1S/C24H23N5O2/c1-15-16(2)29(18-7-11-20(31-4)12-8-18)23-22(15)24-26-21(27-28(24)14-25-23)13-17-5-9-19(30-3)10-6-17/h5-12,14H,13H2,1-4H3. The van der Waals surface area contributed by atoms with Gasteiger partial charge in [-0.1, -0.05) is 12.1 Å². The smallest absolute Gasteiger partial charge is 0.168 e. The summed E-state index contributed by atoms with van der Waals surface area (Å²) < 4.78 is 14.5. The first kappa shape index (κ1) is 19.1. The van der Waals surface area contributed by atoms with Crippen molar-refractivity contribution in [1.29, 1.82) is 0 Å². The van der Waals surface area contributed by atoms with Gasteiger partial charge >= 0.3 is 0 Å². The summed E-state index contributed by atoms with van der Waals surface area (Å²) in [6.45, 7) is 4.21. The SMILES string of the molecule is COc1ccc(Cc2nc3c4c(C)c(C)n(-c5ccc(OC)cc5)c4ncn3n2)cc1. The number of ether oxygens (including phenoxy) is 2. The second-order valence-electron chi connectivity index (χ2n) is 7.51. The fraction of sp³-hybridized carbons (Fsp3) is 0.208. The van der Waals surface area contributed by atoms with Crippen molar-refractivity contribution in [1.82, 2.24) is 24.1 Å². The van der Waals surface area contributed by atoms with E-state index in [1.54, 1.807) is 25.1 Å². The van der Waals surface area contributed by atoms with E-state index in [4.69, 9.17) is 19.4 Å². The van der Waals surface area contributed by atoms with Crippen LogP contribution < -0.4 is 9.47 Å². The topological polar surface area (TPSA) is 66.5 Å². The lowest BCUT2D eigenvalue weighted by atomic mass is 10.1. The molecule has 0 aliphatic rings. The number of rotatable bonds is 5. The Balaban J connectivity index is 1.61. The summed E-state index contributed by atoms with van der Waals surface area (Å²) in [6.07, 6.45) is 2.38. The molecule has 0 aliphatic carbocycles. The third kappa shape index (κ3) is 3.18. The fourth-order valence-corrected chi connectivity index (χ4v) is 3.95. The van der Waals surface area contributed by atoms with Crippen LogP contribution in [0, 0.1) is 13.8 Å². The van der Waals surface area contributed by atoms with Gasteiger partial charge in [0.1, 0.15) is 17.8 Å².